The fourth-order valence-electron chi connectivity index (χ4n) is 3.46. The number of alkyl carbamates (subject to hydrolysis) is 1. The minimum atomic E-state index is -0.613. The summed E-state index contributed by atoms with van der Waals surface area (Å²) in [4.78, 5) is 28.9. The van der Waals surface area contributed by atoms with Gasteiger partial charge in [-0.15, -0.1) is 0 Å². The molecule has 1 aliphatic rings. The number of esters is 1. The van der Waals surface area contributed by atoms with E-state index in [0.29, 0.717) is 6.42 Å². The van der Waals surface area contributed by atoms with Crippen LogP contribution in [0.3, 0.4) is 0 Å². The van der Waals surface area contributed by atoms with Crippen LogP contribution >= 0.6 is 0 Å². The maximum atomic E-state index is 12.1. The second-order valence-corrected chi connectivity index (χ2v) is 9.73. The highest BCUT2D eigenvalue weighted by Gasteiger charge is 2.30. The fraction of sp³-hybridized carbons (Fsp3) is 0.808. The molecule has 0 unspecified atom stereocenters. The normalized spacial score (nSPS) is 15.9. The van der Waals surface area contributed by atoms with Crippen molar-refractivity contribution in [3.8, 4) is 0 Å². The Balaban J connectivity index is 2.01. The molecule has 0 fully saturated rings. The molecule has 7 nitrogen and oxygen atoms in total. The predicted octanol–water partition coefficient (Wildman–Crippen LogP) is 6.80. The summed E-state index contributed by atoms with van der Waals surface area (Å²) in [7, 11) is 0. The molecule has 7 heteroatoms. The minimum Gasteiger partial charge on any atom is -0.444 e. The van der Waals surface area contributed by atoms with Crippen molar-refractivity contribution in [1.82, 2.24) is 5.32 Å². The van der Waals surface area contributed by atoms with Crippen molar-refractivity contribution in [3.05, 3.63) is 12.2 Å². The topological polar surface area (TPSA) is 86.2 Å². The number of oxime groups is 1. The maximum absolute atomic E-state index is 12.1. The molecule has 0 bridgehead atoms. The van der Waals surface area contributed by atoms with Crippen molar-refractivity contribution >= 4 is 18.0 Å². The third-order valence-corrected chi connectivity index (χ3v) is 5.25. The Morgan fingerprint density at radius 2 is 1.55 bits per heavy atom. The molecule has 0 aliphatic carbocycles. The van der Waals surface area contributed by atoms with Crippen LogP contribution in [0, 0.1) is 0 Å². The molecule has 1 amide bonds. The van der Waals surface area contributed by atoms with Gasteiger partial charge in [0.15, 0.2) is 0 Å². The first-order valence-corrected chi connectivity index (χ1v) is 12.9. The summed E-state index contributed by atoms with van der Waals surface area (Å²) in [5.41, 5.74) is -0.610. The Morgan fingerprint density at radius 3 is 2.15 bits per heavy atom. The molecule has 0 aromatic carbocycles. The Hall–Kier alpha value is -2.05. The van der Waals surface area contributed by atoms with E-state index < -0.39 is 17.7 Å². The van der Waals surface area contributed by atoms with Crippen molar-refractivity contribution < 1.29 is 23.9 Å². The quantitative estimate of drug-likeness (QED) is 0.153. The highest BCUT2D eigenvalue weighted by atomic mass is 16.7. The molecule has 0 aromatic rings. The lowest BCUT2D eigenvalue weighted by Gasteiger charge is -2.21. The number of carbonyl (C=O) groups is 2. The number of hydrogen-bond acceptors (Lipinski definition) is 6. The highest BCUT2D eigenvalue weighted by Crippen LogP contribution is 2.12. The van der Waals surface area contributed by atoms with Crippen LogP contribution in [0.1, 0.15) is 118 Å². The third kappa shape index (κ3) is 16.2. The molecular formula is C26H46N2O5. The van der Waals surface area contributed by atoms with Gasteiger partial charge in [0.25, 0.3) is 5.90 Å². The summed E-state index contributed by atoms with van der Waals surface area (Å²) in [6, 6.07) is -0.613. The Bertz CT molecular complexity index is 610. The van der Waals surface area contributed by atoms with E-state index in [2.05, 4.69) is 29.5 Å². The summed E-state index contributed by atoms with van der Waals surface area (Å²) >= 11 is 0. The van der Waals surface area contributed by atoms with Crippen molar-refractivity contribution in [2.45, 2.75) is 129 Å². The van der Waals surface area contributed by atoms with Gasteiger partial charge in [0.1, 0.15) is 18.2 Å². The maximum Gasteiger partial charge on any atom is 0.408 e. The SMILES string of the molecule is CCCCCCCC/C=C\CCCCCCCC(=O)OC1=NOC[C@H]1NC(=O)OC(C)(C)C. The first-order valence-electron chi connectivity index (χ1n) is 12.9. The van der Waals surface area contributed by atoms with E-state index >= 15 is 0 Å². The van der Waals surface area contributed by atoms with E-state index in [1.165, 1.54) is 57.8 Å². The molecular weight excluding hydrogens is 420 g/mol. The number of ether oxygens (including phenoxy) is 2. The molecule has 1 N–H and O–H groups in total. The van der Waals surface area contributed by atoms with Gasteiger partial charge in [-0.2, -0.15) is 0 Å². The van der Waals surface area contributed by atoms with Crippen molar-refractivity contribution in [2.75, 3.05) is 6.61 Å². The van der Waals surface area contributed by atoms with Crippen LogP contribution in [0.5, 0.6) is 0 Å². The summed E-state index contributed by atoms with van der Waals surface area (Å²) in [5, 5.41) is 6.34. The number of hydrogen-bond donors (Lipinski definition) is 1. The lowest BCUT2D eigenvalue weighted by atomic mass is 10.1. The van der Waals surface area contributed by atoms with Gasteiger partial charge in [-0.25, -0.2) is 4.79 Å². The molecule has 0 spiro atoms. The number of unbranched alkanes of at least 4 members (excludes halogenated alkanes) is 11. The second-order valence-electron chi connectivity index (χ2n) is 9.73. The molecule has 190 valence electrons. The first-order chi connectivity index (χ1) is 15.8. The molecule has 33 heavy (non-hydrogen) atoms. The molecule has 1 atom stereocenters. The average molecular weight is 467 g/mol. The lowest BCUT2D eigenvalue weighted by molar-refractivity contribution is -0.135. The monoisotopic (exact) mass is 466 g/mol. The predicted molar refractivity (Wildman–Crippen MR) is 132 cm³/mol. The van der Waals surface area contributed by atoms with Crippen LogP contribution in [0.4, 0.5) is 4.79 Å². The zero-order valence-corrected chi connectivity index (χ0v) is 21.3. The molecule has 1 aliphatic heterocycles. The van der Waals surface area contributed by atoms with Crippen LogP contribution in [0.25, 0.3) is 0 Å². The van der Waals surface area contributed by atoms with E-state index in [9.17, 15) is 9.59 Å². The van der Waals surface area contributed by atoms with Gasteiger partial charge in [0.05, 0.1) is 0 Å². The van der Waals surface area contributed by atoms with Gasteiger partial charge >= 0.3 is 12.1 Å². The molecule has 0 saturated carbocycles. The standard InChI is InChI=1S/C26H46N2O5/c1-5-6-7-8-9-10-11-12-13-14-15-16-17-18-19-20-23(29)32-24-22(21-31-28-24)27-25(30)33-26(2,3)4/h12-13,22H,5-11,14-21H2,1-4H3,(H,27,30)/b13-12-/t22-/m1/s1. The number of rotatable bonds is 16. The number of carbonyl (C=O) groups excluding carboxylic acids is 2. The average Bonchev–Trinajstić information content (AvgIpc) is 3.15. The number of nitrogens with one attached hydrogen (secondary N) is 1. The van der Waals surface area contributed by atoms with E-state index in [0.717, 1.165) is 25.7 Å². The summed E-state index contributed by atoms with van der Waals surface area (Å²) in [6.07, 6.45) is 20.1. The Labute approximate surface area is 200 Å². The highest BCUT2D eigenvalue weighted by molar-refractivity contribution is 5.94. The fourth-order valence-corrected chi connectivity index (χ4v) is 3.46. The minimum absolute atomic E-state index is 0.0820. The van der Waals surface area contributed by atoms with Crippen molar-refractivity contribution in [2.24, 2.45) is 5.16 Å². The smallest absolute Gasteiger partial charge is 0.408 e. The van der Waals surface area contributed by atoms with Crippen LogP contribution in [-0.4, -0.2) is 36.2 Å². The van der Waals surface area contributed by atoms with Gasteiger partial charge in [0.2, 0.25) is 0 Å². The Morgan fingerprint density at radius 1 is 0.970 bits per heavy atom. The second kappa shape index (κ2) is 17.4. The van der Waals surface area contributed by atoms with Gasteiger partial charge in [0, 0.05) is 6.42 Å². The van der Waals surface area contributed by atoms with E-state index in [1.807, 2.05) is 0 Å². The Kier molecular flexibility index (Phi) is 15.3. The van der Waals surface area contributed by atoms with Crippen molar-refractivity contribution in [1.29, 1.82) is 0 Å². The van der Waals surface area contributed by atoms with E-state index in [4.69, 9.17) is 14.3 Å². The number of nitrogens with zero attached hydrogens (tertiary/aromatic N) is 1. The van der Waals surface area contributed by atoms with Crippen LogP contribution in [0.2, 0.25) is 0 Å². The largest absolute Gasteiger partial charge is 0.444 e. The lowest BCUT2D eigenvalue weighted by Crippen LogP contribution is -2.44. The third-order valence-electron chi connectivity index (χ3n) is 5.25. The number of allylic oxidation sites excluding steroid dienone is 2. The zero-order valence-electron chi connectivity index (χ0n) is 21.3. The van der Waals surface area contributed by atoms with Gasteiger partial charge < -0.3 is 19.6 Å². The summed E-state index contributed by atoms with van der Waals surface area (Å²) < 4.78 is 10.5. The van der Waals surface area contributed by atoms with Crippen LogP contribution in [-0.2, 0) is 19.1 Å². The summed E-state index contributed by atoms with van der Waals surface area (Å²) in [6.45, 7) is 7.71. The van der Waals surface area contributed by atoms with Crippen LogP contribution in [0.15, 0.2) is 17.3 Å². The van der Waals surface area contributed by atoms with E-state index in [-0.39, 0.29) is 18.5 Å². The van der Waals surface area contributed by atoms with Gasteiger partial charge in [-0.1, -0.05) is 70.4 Å². The van der Waals surface area contributed by atoms with Crippen molar-refractivity contribution in [3.63, 3.8) is 0 Å². The van der Waals surface area contributed by atoms with Crippen LogP contribution < -0.4 is 5.32 Å². The molecule has 0 saturated heterocycles. The summed E-state index contributed by atoms with van der Waals surface area (Å²) in [5.74, 6) is -0.272. The zero-order chi connectivity index (χ0) is 24.4. The molecule has 0 radical (unpaired) electrons. The molecule has 1 rings (SSSR count). The first kappa shape index (κ1) is 29.0. The number of amides is 1. The van der Waals surface area contributed by atoms with E-state index in [1.54, 1.807) is 20.8 Å². The molecule has 0 aromatic heterocycles. The van der Waals surface area contributed by atoms with Gasteiger partial charge in [-0.05, 0) is 58.0 Å². The molecule has 1 heterocycles. The van der Waals surface area contributed by atoms with Gasteiger partial charge in [-0.3, -0.25) is 4.79 Å².